The molecule has 4 N–H and O–H groups in total. The first-order chi connectivity index (χ1) is 13.8. The highest BCUT2D eigenvalue weighted by Gasteiger charge is 2.26. The van der Waals surface area contributed by atoms with Crippen LogP contribution in [0.5, 0.6) is 0 Å². The quantitative estimate of drug-likeness (QED) is 0.550. The Kier molecular flexibility index (Phi) is 5.96. The van der Waals surface area contributed by atoms with Gasteiger partial charge in [0.15, 0.2) is 5.96 Å². The number of nitrogens with two attached hydrogens (primary N) is 1. The van der Waals surface area contributed by atoms with Crippen LogP contribution in [0.15, 0.2) is 30.5 Å². The number of benzene rings is 1. The molecule has 29 heavy (non-hydrogen) atoms. The molecule has 2 heterocycles. The number of aryl methyl sites for hydroxylation is 3. The topological polar surface area (TPSA) is 112 Å². The lowest BCUT2D eigenvalue weighted by molar-refractivity contribution is 0.0712. The maximum Gasteiger partial charge on any atom is 0.258 e. The van der Waals surface area contributed by atoms with Gasteiger partial charge in [-0.15, -0.1) is 0 Å². The van der Waals surface area contributed by atoms with Crippen molar-refractivity contribution in [3.05, 3.63) is 64.0 Å². The van der Waals surface area contributed by atoms with E-state index in [2.05, 4.69) is 16.4 Å². The third-order valence-electron chi connectivity index (χ3n) is 5.49. The SMILES string of the molecule is Cc1ccc(C(=O)N2CCC(c3cc(C)c(C(=O)NC(=N)N)cc3C)CC2)cn1. The Hall–Kier alpha value is -3.22. The van der Waals surface area contributed by atoms with E-state index in [9.17, 15) is 9.59 Å². The van der Waals surface area contributed by atoms with Crippen molar-refractivity contribution in [3.8, 4) is 0 Å². The highest BCUT2D eigenvalue weighted by atomic mass is 16.2. The Bertz CT molecular complexity index is 944. The first-order valence-electron chi connectivity index (χ1n) is 9.74. The molecule has 1 aliphatic heterocycles. The molecule has 2 amide bonds. The summed E-state index contributed by atoms with van der Waals surface area (Å²) in [6, 6.07) is 7.60. The number of hydrogen-bond acceptors (Lipinski definition) is 4. The summed E-state index contributed by atoms with van der Waals surface area (Å²) in [6.45, 7) is 7.18. The van der Waals surface area contributed by atoms with Gasteiger partial charge in [-0.05, 0) is 74.4 Å². The Morgan fingerprint density at radius 1 is 1.14 bits per heavy atom. The third kappa shape index (κ3) is 4.62. The number of guanidine groups is 1. The van der Waals surface area contributed by atoms with Crippen molar-refractivity contribution in [3.63, 3.8) is 0 Å². The average molecular weight is 393 g/mol. The van der Waals surface area contributed by atoms with E-state index in [4.69, 9.17) is 11.1 Å². The van der Waals surface area contributed by atoms with Crippen LogP contribution in [0.25, 0.3) is 0 Å². The second-order valence-corrected chi connectivity index (χ2v) is 7.65. The van der Waals surface area contributed by atoms with Gasteiger partial charge in [-0.1, -0.05) is 6.07 Å². The van der Waals surface area contributed by atoms with Crippen molar-refractivity contribution >= 4 is 17.8 Å². The molecule has 1 saturated heterocycles. The molecule has 0 spiro atoms. The number of carbonyl (C=O) groups is 2. The number of nitrogens with zero attached hydrogens (tertiary/aromatic N) is 2. The summed E-state index contributed by atoms with van der Waals surface area (Å²) in [5.41, 5.74) is 10.4. The molecule has 0 saturated carbocycles. The van der Waals surface area contributed by atoms with E-state index in [1.165, 1.54) is 5.56 Å². The van der Waals surface area contributed by atoms with Crippen LogP contribution in [-0.4, -0.2) is 40.7 Å². The van der Waals surface area contributed by atoms with E-state index >= 15 is 0 Å². The molecular weight excluding hydrogens is 366 g/mol. The van der Waals surface area contributed by atoms with Gasteiger partial charge in [0.1, 0.15) is 0 Å². The number of pyridine rings is 1. The van der Waals surface area contributed by atoms with Crippen molar-refractivity contribution in [2.45, 2.75) is 39.5 Å². The van der Waals surface area contributed by atoms with Crippen molar-refractivity contribution < 1.29 is 9.59 Å². The first-order valence-corrected chi connectivity index (χ1v) is 9.74. The minimum Gasteiger partial charge on any atom is -0.370 e. The van der Waals surface area contributed by atoms with Crippen LogP contribution in [0.1, 0.15) is 61.9 Å². The van der Waals surface area contributed by atoms with Gasteiger partial charge in [0.25, 0.3) is 11.8 Å². The molecule has 1 aromatic heterocycles. The number of nitrogens with one attached hydrogen (secondary N) is 2. The van der Waals surface area contributed by atoms with Crippen LogP contribution in [0.2, 0.25) is 0 Å². The largest absolute Gasteiger partial charge is 0.370 e. The number of piperidine rings is 1. The minimum absolute atomic E-state index is 0.0279. The summed E-state index contributed by atoms with van der Waals surface area (Å²) in [5.74, 6) is -0.354. The summed E-state index contributed by atoms with van der Waals surface area (Å²) in [5, 5.41) is 9.57. The lowest BCUT2D eigenvalue weighted by Crippen LogP contribution is -2.38. The molecule has 0 radical (unpaired) electrons. The van der Waals surface area contributed by atoms with Crippen LogP contribution < -0.4 is 11.1 Å². The fraction of sp³-hybridized carbons (Fsp3) is 0.364. The summed E-state index contributed by atoms with van der Waals surface area (Å²) in [4.78, 5) is 31.0. The fourth-order valence-electron chi connectivity index (χ4n) is 3.88. The zero-order chi connectivity index (χ0) is 21.1. The molecule has 7 nitrogen and oxygen atoms in total. The van der Waals surface area contributed by atoms with Gasteiger partial charge in [-0.25, -0.2) is 0 Å². The molecule has 152 valence electrons. The van der Waals surface area contributed by atoms with E-state index in [-0.39, 0.29) is 17.8 Å². The zero-order valence-electron chi connectivity index (χ0n) is 17.1. The smallest absolute Gasteiger partial charge is 0.258 e. The molecule has 0 unspecified atom stereocenters. The predicted molar refractivity (Wildman–Crippen MR) is 112 cm³/mol. The maximum atomic E-state index is 12.7. The minimum atomic E-state index is -0.364. The Labute approximate surface area is 170 Å². The van der Waals surface area contributed by atoms with Gasteiger partial charge >= 0.3 is 0 Å². The van der Waals surface area contributed by atoms with E-state index in [1.807, 2.05) is 43.9 Å². The maximum absolute atomic E-state index is 12.7. The van der Waals surface area contributed by atoms with Crippen molar-refractivity contribution in [2.24, 2.45) is 5.73 Å². The highest BCUT2D eigenvalue weighted by Crippen LogP contribution is 2.32. The van der Waals surface area contributed by atoms with Crippen LogP contribution in [-0.2, 0) is 0 Å². The number of aromatic nitrogens is 1. The van der Waals surface area contributed by atoms with Crippen LogP contribution in [0, 0.1) is 26.2 Å². The summed E-state index contributed by atoms with van der Waals surface area (Å²) in [7, 11) is 0. The number of carbonyl (C=O) groups excluding carboxylic acids is 2. The van der Waals surface area contributed by atoms with E-state index in [0.29, 0.717) is 30.1 Å². The Balaban J connectivity index is 1.70. The summed E-state index contributed by atoms with van der Waals surface area (Å²) in [6.07, 6.45) is 3.40. The van der Waals surface area contributed by atoms with Gasteiger partial charge in [0, 0.05) is 30.5 Å². The first kappa shape index (κ1) is 20.5. The number of likely N-dealkylation sites (tertiary alicyclic amines) is 1. The number of hydrogen-bond donors (Lipinski definition) is 3. The molecule has 0 aliphatic carbocycles. The molecule has 1 fully saturated rings. The monoisotopic (exact) mass is 393 g/mol. The highest BCUT2D eigenvalue weighted by molar-refractivity contribution is 6.05. The molecule has 1 aromatic carbocycles. The third-order valence-corrected chi connectivity index (χ3v) is 5.49. The fourth-order valence-corrected chi connectivity index (χ4v) is 3.88. The van der Waals surface area contributed by atoms with E-state index < -0.39 is 0 Å². The molecule has 2 aromatic rings. The second-order valence-electron chi connectivity index (χ2n) is 7.65. The normalized spacial score (nSPS) is 14.5. The number of rotatable bonds is 3. The van der Waals surface area contributed by atoms with Crippen molar-refractivity contribution in [1.82, 2.24) is 15.2 Å². The second kappa shape index (κ2) is 8.43. The summed E-state index contributed by atoms with van der Waals surface area (Å²) < 4.78 is 0. The standard InChI is InChI=1S/C22H27N5O2/c1-13-11-19(20(28)26-22(23)24)14(2)10-18(13)16-6-8-27(9-7-16)21(29)17-5-4-15(3)25-12-17/h4-5,10-12,16H,6-9H2,1-3H3,(H4,23,24,26,28). The van der Waals surface area contributed by atoms with Crippen molar-refractivity contribution in [1.29, 1.82) is 5.41 Å². The number of amides is 2. The van der Waals surface area contributed by atoms with Gasteiger partial charge < -0.3 is 10.6 Å². The molecule has 0 atom stereocenters. The van der Waals surface area contributed by atoms with Crippen LogP contribution >= 0.6 is 0 Å². The van der Waals surface area contributed by atoms with Gasteiger partial charge in [0.05, 0.1) is 5.56 Å². The van der Waals surface area contributed by atoms with Gasteiger partial charge in [-0.2, -0.15) is 0 Å². The average Bonchev–Trinajstić information content (AvgIpc) is 2.69. The molecule has 3 rings (SSSR count). The molecule has 1 aliphatic rings. The van der Waals surface area contributed by atoms with Crippen molar-refractivity contribution in [2.75, 3.05) is 13.1 Å². The molecule has 7 heteroatoms. The van der Waals surface area contributed by atoms with Crippen LogP contribution in [0.3, 0.4) is 0 Å². The van der Waals surface area contributed by atoms with E-state index in [0.717, 1.165) is 29.7 Å². The zero-order valence-corrected chi connectivity index (χ0v) is 17.1. The molecular formula is C22H27N5O2. The lowest BCUT2D eigenvalue weighted by Gasteiger charge is -2.33. The van der Waals surface area contributed by atoms with Gasteiger partial charge in [0.2, 0.25) is 0 Å². The molecule has 0 bridgehead atoms. The Morgan fingerprint density at radius 3 is 2.41 bits per heavy atom. The summed E-state index contributed by atoms with van der Waals surface area (Å²) >= 11 is 0. The predicted octanol–water partition coefficient (Wildman–Crippen LogP) is 2.65. The lowest BCUT2D eigenvalue weighted by atomic mass is 9.84. The Morgan fingerprint density at radius 2 is 1.83 bits per heavy atom. The van der Waals surface area contributed by atoms with Crippen LogP contribution in [0.4, 0.5) is 0 Å². The van der Waals surface area contributed by atoms with E-state index in [1.54, 1.807) is 6.20 Å². The van der Waals surface area contributed by atoms with Gasteiger partial charge in [-0.3, -0.25) is 25.3 Å².